The number of carbonyl (C=O) groups excluding carboxylic acids is 2. The minimum Gasteiger partial charge on any atom is -0.481 e. The molecule has 3 heterocycles. The molecule has 10 nitrogen and oxygen atoms in total. The SMILES string of the molecule is C[C@]12CC[C@H](O)C[C@H]1CC[C@@H]1[C@@H]2C[C@@H](O)[C@]2(C)[C@@H](C3=CC(=O)OC3)CC[C@]12O.O=C(O)CCCC[C@@H]1SC[C@@H]2NC(=O)N[C@@H]21. The molecule has 7 rings (SSSR count). The zero-order valence-electron chi connectivity index (χ0n) is 26.0. The first-order valence-electron chi connectivity index (χ1n) is 16.7. The van der Waals surface area contributed by atoms with Crippen LogP contribution in [0.25, 0.3) is 0 Å². The Balaban J connectivity index is 0.000000182. The number of aliphatic hydroxyl groups excluding tert-OH is 2. The highest BCUT2D eigenvalue weighted by Crippen LogP contribution is 2.69. The van der Waals surface area contributed by atoms with Crippen LogP contribution in [0.5, 0.6) is 0 Å². The van der Waals surface area contributed by atoms with Gasteiger partial charge in [-0.2, -0.15) is 11.8 Å². The summed E-state index contributed by atoms with van der Waals surface area (Å²) < 4.78 is 5.16. The van der Waals surface area contributed by atoms with Gasteiger partial charge in [0, 0.05) is 28.9 Å². The van der Waals surface area contributed by atoms with E-state index in [-0.39, 0.29) is 53.9 Å². The summed E-state index contributed by atoms with van der Waals surface area (Å²) in [6, 6.07) is 0.440. The molecule has 2 amide bonds. The van der Waals surface area contributed by atoms with Gasteiger partial charge in [-0.25, -0.2) is 9.59 Å². The summed E-state index contributed by atoms with van der Waals surface area (Å²) in [5, 5.41) is 48.5. The Labute approximate surface area is 264 Å². The van der Waals surface area contributed by atoms with Crippen LogP contribution in [0.2, 0.25) is 0 Å². The van der Waals surface area contributed by atoms with Crippen LogP contribution in [0.15, 0.2) is 11.6 Å². The largest absolute Gasteiger partial charge is 0.481 e. The van der Waals surface area contributed by atoms with Gasteiger partial charge >= 0.3 is 18.0 Å². The second-order valence-corrected chi connectivity index (χ2v) is 16.3. The van der Waals surface area contributed by atoms with Gasteiger partial charge in [-0.1, -0.05) is 20.3 Å². The number of nitrogens with one attached hydrogen (secondary N) is 2. The van der Waals surface area contributed by atoms with E-state index in [1.54, 1.807) is 6.08 Å². The van der Waals surface area contributed by atoms with Crippen LogP contribution in [0.3, 0.4) is 0 Å². The van der Waals surface area contributed by atoms with E-state index in [2.05, 4.69) is 17.6 Å². The number of carboxylic acids is 1. The highest BCUT2D eigenvalue weighted by Gasteiger charge is 2.70. The number of aliphatic hydroxyl groups is 3. The molecule has 0 aromatic rings. The number of ether oxygens (including phenoxy) is 1. The van der Waals surface area contributed by atoms with Crippen LogP contribution in [0, 0.1) is 34.5 Å². The number of unbranched alkanes of at least 4 members (excludes halogenated alkanes) is 1. The van der Waals surface area contributed by atoms with E-state index in [1.807, 2.05) is 18.7 Å². The molecule has 0 aromatic carbocycles. The summed E-state index contributed by atoms with van der Waals surface area (Å²) in [6.07, 6.45) is 10.6. The fourth-order valence-corrected chi connectivity index (χ4v) is 12.2. The van der Waals surface area contributed by atoms with Crippen LogP contribution >= 0.6 is 11.8 Å². The number of carbonyl (C=O) groups is 3. The molecule has 11 heteroatoms. The number of hydrogen-bond donors (Lipinski definition) is 6. The fraction of sp³-hybridized carbons (Fsp3) is 0.848. The second kappa shape index (κ2) is 12.1. The molecule has 4 saturated carbocycles. The Morgan fingerprint density at radius 3 is 2.57 bits per heavy atom. The van der Waals surface area contributed by atoms with E-state index in [0.29, 0.717) is 36.5 Å². The predicted octanol–water partition coefficient (Wildman–Crippen LogP) is 3.37. The van der Waals surface area contributed by atoms with Crippen molar-refractivity contribution in [2.24, 2.45) is 34.5 Å². The maximum atomic E-state index is 12.1. The normalized spacial score (nSPS) is 47.1. The Bertz CT molecular complexity index is 1180. The number of cyclic esters (lactones) is 1. The topological polar surface area (TPSA) is 165 Å². The third-order valence-corrected chi connectivity index (χ3v) is 14.6. The van der Waals surface area contributed by atoms with E-state index >= 15 is 0 Å². The standard InChI is InChI=1S/C23H34O5.C10H16N2O3S/c1-21-7-5-15(24)10-14(21)3-4-17-18(21)11-19(25)22(2)16(6-8-23(17,22)27)13-9-20(26)28-12-13;13-8(14)4-2-1-3-7-9-6(5-16-7)11-10(15)12-9/h9,14-19,24-25,27H,3-8,10-12H2,1-2H3;6-7,9H,1-5H2,(H,13,14)(H2,11,12,15)/t14-,15+,16-,17-,18+,19-,21+,22+,23+;6-,7-,9-/m10/s1. The summed E-state index contributed by atoms with van der Waals surface area (Å²) in [6.45, 7) is 4.69. The number of fused-ring (bicyclic) bond motifs is 6. The average Bonchev–Trinajstić information content (AvgIpc) is 3.72. The van der Waals surface area contributed by atoms with Gasteiger partial charge in [-0.3, -0.25) is 4.79 Å². The molecule has 0 bridgehead atoms. The van der Waals surface area contributed by atoms with Crippen molar-refractivity contribution in [2.45, 2.75) is 126 Å². The maximum absolute atomic E-state index is 12.1. The third kappa shape index (κ3) is 5.37. The highest BCUT2D eigenvalue weighted by atomic mass is 32.2. The van der Waals surface area contributed by atoms with Crippen molar-refractivity contribution in [1.29, 1.82) is 0 Å². The quantitative estimate of drug-likeness (QED) is 0.146. The number of esters is 1. The fourth-order valence-electron chi connectivity index (χ4n) is 10.6. The molecular weight excluding hydrogens is 584 g/mol. The van der Waals surface area contributed by atoms with Crippen LogP contribution in [-0.4, -0.2) is 85.9 Å². The maximum Gasteiger partial charge on any atom is 0.331 e. The van der Waals surface area contributed by atoms with E-state index in [1.165, 1.54) is 0 Å². The van der Waals surface area contributed by atoms with Gasteiger partial charge in [0.1, 0.15) is 6.61 Å². The molecule has 246 valence electrons. The molecule has 6 fully saturated rings. The summed E-state index contributed by atoms with van der Waals surface area (Å²) in [4.78, 5) is 33.1. The minimum absolute atomic E-state index is 0.00129. The smallest absolute Gasteiger partial charge is 0.331 e. The summed E-state index contributed by atoms with van der Waals surface area (Å²) in [5.74, 6) is 0.894. The predicted molar refractivity (Wildman–Crippen MR) is 165 cm³/mol. The Hall–Kier alpha value is -1.82. The first-order chi connectivity index (χ1) is 20.9. The number of amides is 2. The van der Waals surface area contributed by atoms with E-state index in [0.717, 1.165) is 69.1 Å². The minimum atomic E-state index is -0.906. The van der Waals surface area contributed by atoms with E-state index in [9.17, 15) is 29.7 Å². The van der Waals surface area contributed by atoms with Crippen molar-refractivity contribution in [3.63, 3.8) is 0 Å². The van der Waals surface area contributed by atoms with Gasteiger partial charge in [-0.05, 0) is 98.9 Å². The van der Waals surface area contributed by atoms with Crippen molar-refractivity contribution >= 4 is 29.7 Å². The van der Waals surface area contributed by atoms with Crippen LogP contribution in [0.4, 0.5) is 4.79 Å². The highest BCUT2D eigenvalue weighted by molar-refractivity contribution is 8.00. The van der Waals surface area contributed by atoms with E-state index < -0.39 is 23.1 Å². The van der Waals surface area contributed by atoms with Crippen LogP contribution < -0.4 is 10.6 Å². The van der Waals surface area contributed by atoms with E-state index in [4.69, 9.17) is 9.84 Å². The lowest BCUT2D eigenvalue weighted by atomic mass is 9.42. The summed E-state index contributed by atoms with van der Waals surface area (Å²) in [7, 11) is 0. The molecule has 0 unspecified atom stereocenters. The number of aliphatic carboxylic acids is 1. The Kier molecular flexibility index (Phi) is 8.82. The van der Waals surface area contributed by atoms with Gasteiger partial charge in [0.15, 0.2) is 0 Å². The zero-order chi connectivity index (χ0) is 31.4. The average molecular weight is 635 g/mol. The molecule has 4 aliphatic carbocycles. The van der Waals surface area contributed by atoms with Crippen molar-refractivity contribution in [3.05, 3.63) is 11.6 Å². The van der Waals surface area contributed by atoms with Crippen molar-refractivity contribution in [3.8, 4) is 0 Å². The van der Waals surface area contributed by atoms with Gasteiger partial charge in [0.05, 0.1) is 29.9 Å². The number of hydrogen-bond acceptors (Lipinski definition) is 8. The summed E-state index contributed by atoms with van der Waals surface area (Å²) in [5.41, 5.74) is -0.507. The molecule has 3 aliphatic heterocycles. The first-order valence-corrected chi connectivity index (χ1v) is 17.8. The summed E-state index contributed by atoms with van der Waals surface area (Å²) >= 11 is 1.87. The first kappa shape index (κ1) is 32.1. The molecule has 12 atom stereocenters. The molecular formula is C33H50N2O8S. The molecule has 6 N–H and O–H groups in total. The number of urea groups is 1. The molecule has 2 saturated heterocycles. The van der Waals surface area contributed by atoms with Gasteiger partial charge < -0.3 is 35.8 Å². The van der Waals surface area contributed by atoms with Crippen LogP contribution in [0.1, 0.15) is 90.9 Å². The molecule has 0 spiro atoms. The second-order valence-electron chi connectivity index (χ2n) is 15.1. The lowest BCUT2D eigenvalue weighted by Crippen LogP contribution is -2.67. The molecule has 7 aliphatic rings. The van der Waals surface area contributed by atoms with Gasteiger partial charge in [0.2, 0.25) is 0 Å². The van der Waals surface area contributed by atoms with Crippen molar-refractivity contribution in [2.75, 3.05) is 12.4 Å². The molecule has 0 radical (unpaired) electrons. The Morgan fingerprint density at radius 2 is 1.84 bits per heavy atom. The van der Waals surface area contributed by atoms with Gasteiger partial charge in [0.25, 0.3) is 0 Å². The monoisotopic (exact) mass is 634 g/mol. The zero-order valence-corrected chi connectivity index (χ0v) is 26.8. The number of thioether (sulfide) groups is 1. The lowest BCUT2D eigenvalue weighted by Gasteiger charge is -2.64. The van der Waals surface area contributed by atoms with Crippen molar-refractivity contribution < 1.29 is 39.5 Å². The molecule has 0 aromatic heterocycles. The lowest BCUT2D eigenvalue weighted by molar-refractivity contribution is -0.244. The number of carboxylic acid groups (broad SMARTS) is 1. The van der Waals surface area contributed by atoms with Gasteiger partial charge in [-0.15, -0.1) is 0 Å². The van der Waals surface area contributed by atoms with Crippen LogP contribution in [-0.2, 0) is 14.3 Å². The molecule has 44 heavy (non-hydrogen) atoms. The Morgan fingerprint density at radius 1 is 1.05 bits per heavy atom. The van der Waals surface area contributed by atoms with Crippen molar-refractivity contribution in [1.82, 2.24) is 10.6 Å². The third-order valence-electron chi connectivity index (χ3n) is 13.1. The number of rotatable bonds is 6.